The molecule has 16 heavy (non-hydrogen) atoms. The average molecular weight is 240 g/mol. The van der Waals surface area contributed by atoms with E-state index in [1.54, 1.807) is 11.8 Å². The van der Waals surface area contributed by atoms with Gasteiger partial charge in [0.05, 0.1) is 16.3 Å². The van der Waals surface area contributed by atoms with Crippen molar-refractivity contribution in [3.05, 3.63) is 11.6 Å². The molecule has 88 valence electrons. The smallest absolute Gasteiger partial charge is 0.158 e. The molecule has 1 unspecified atom stereocenters. The average Bonchev–Trinajstić information content (AvgIpc) is 2.26. The van der Waals surface area contributed by atoms with E-state index in [0.717, 1.165) is 16.1 Å². The van der Waals surface area contributed by atoms with Crippen LogP contribution in [0.3, 0.4) is 0 Å². The third kappa shape index (κ3) is 1.92. The second-order valence-corrected chi connectivity index (χ2v) is 4.84. The third-order valence-electron chi connectivity index (χ3n) is 2.48. The molecule has 0 saturated heterocycles. The highest BCUT2D eigenvalue weighted by molar-refractivity contribution is 8.00. The van der Waals surface area contributed by atoms with Crippen molar-refractivity contribution in [2.45, 2.75) is 24.2 Å². The highest BCUT2D eigenvalue weighted by atomic mass is 32.2. The molecule has 0 amide bonds. The van der Waals surface area contributed by atoms with Crippen molar-refractivity contribution >= 4 is 23.1 Å². The molecule has 1 aliphatic heterocycles. The molecule has 0 radical (unpaired) electrons. The summed E-state index contributed by atoms with van der Waals surface area (Å²) in [5, 5.41) is 0. The first-order valence-electron chi connectivity index (χ1n) is 5.23. The fourth-order valence-electron chi connectivity index (χ4n) is 1.66. The minimum atomic E-state index is 0.000926. The second-order valence-electron chi connectivity index (χ2n) is 3.67. The van der Waals surface area contributed by atoms with Gasteiger partial charge in [-0.3, -0.25) is 0 Å². The lowest BCUT2D eigenvalue weighted by Crippen LogP contribution is -2.23. The first-order valence-corrected chi connectivity index (χ1v) is 6.11. The molecule has 0 spiro atoms. The number of hydrogen-bond donors (Lipinski definition) is 2. The van der Waals surface area contributed by atoms with Crippen LogP contribution >= 0.6 is 11.8 Å². The standard InChI is InChI=1S/C11H16N2O2S/c1-3-14-8-5-15-10-7(12)4-6(2)9(13)11(10)16-8/h4,8H,3,5,12-13H2,1-2H3. The number of anilines is 2. The number of rotatable bonds is 2. The molecule has 4 N–H and O–H groups in total. The maximum Gasteiger partial charge on any atom is 0.158 e. The first-order chi connectivity index (χ1) is 7.63. The van der Waals surface area contributed by atoms with Gasteiger partial charge in [-0.2, -0.15) is 0 Å². The molecule has 2 rings (SSSR count). The Labute approximate surface area is 99.3 Å². The number of benzene rings is 1. The molecule has 5 heteroatoms. The normalized spacial score (nSPS) is 19.0. The minimum absolute atomic E-state index is 0.000926. The molecule has 1 aromatic carbocycles. The van der Waals surface area contributed by atoms with Crippen LogP contribution in [-0.2, 0) is 4.74 Å². The van der Waals surface area contributed by atoms with Crippen LogP contribution in [0, 0.1) is 6.92 Å². The topological polar surface area (TPSA) is 70.5 Å². The zero-order chi connectivity index (χ0) is 11.7. The maximum absolute atomic E-state index is 6.02. The summed E-state index contributed by atoms with van der Waals surface area (Å²) >= 11 is 1.58. The van der Waals surface area contributed by atoms with Crippen molar-refractivity contribution in [1.29, 1.82) is 0 Å². The minimum Gasteiger partial charge on any atom is -0.487 e. The number of nitrogen functional groups attached to an aromatic ring is 2. The van der Waals surface area contributed by atoms with Crippen molar-refractivity contribution in [1.82, 2.24) is 0 Å². The summed E-state index contributed by atoms with van der Waals surface area (Å²) in [6.07, 6.45) is 0. The Balaban J connectivity index is 2.36. The molecule has 1 aliphatic rings. The predicted molar refractivity (Wildman–Crippen MR) is 66.8 cm³/mol. The van der Waals surface area contributed by atoms with E-state index in [-0.39, 0.29) is 5.44 Å². The van der Waals surface area contributed by atoms with Crippen molar-refractivity contribution < 1.29 is 9.47 Å². The molecule has 0 bridgehead atoms. The molecule has 0 fully saturated rings. The Kier molecular flexibility index (Phi) is 3.16. The van der Waals surface area contributed by atoms with Gasteiger partial charge in [0.25, 0.3) is 0 Å². The summed E-state index contributed by atoms with van der Waals surface area (Å²) in [7, 11) is 0. The molecular formula is C11H16N2O2S. The fourth-order valence-corrected chi connectivity index (χ4v) is 2.83. The van der Waals surface area contributed by atoms with Crippen LogP contribution in [0.15, 0.2) is 11.0 Å². The molecule has 0 aliphatic carbocycles. The van der Waals surface area contributed by atoms with Crippen LogP contribution in [-0.4, -0.2) is 18.6 Å². The largest absolute Gasteiger partial charge is 0.487 e. The SMILES string of the molecule is CCOC1COc2c(N)cc(C)c(N)c2S1. The van der Waals surface area contributed by atoms with E-state index in [9.17, 15) is 0 Å². The lowest BCUT2D eigenvalue weighted by molar-refractivity contribution is 0.0807. The van der Waals surface area contributed by atoms with Gasteiger partial charge < -0.3 is 20.9 Å². The number of aryl methyl sites for hydroxylation is 1. The van der Waals surface area contributed by atoms with Crippen LogP contribution in [0.5, 0.6) is 5.75 Å². The molecule has 1 atom stereocenters. The van der Waals surface area contributed by atoms with Gasteiger partial charge >= 0.3 is 0 Å². The number of ether oxygens (including phenoxy) is 2. The van der Waals surface area contributed by atoms with Crippen LogP contribution in [0.2, 0.25) is 0 Å². The Morgan fingerprint density at radius 1 is 1.56 bits per heavy atom. The van der Waals surface area contributed by atoms with Crippen LogP contribution in [0.4, 0.5) is 11.4 Å². The summed E-state index contributed by atoms with van der Waals surface area (Å²) in [6, 6.07) is 1.84. The highest BCUT2D eigenvalue weighted by Crippen LogP contribution is 2.46. The van der Waals surface area contributed by atoms with E-state index in [4.69, 9.17) is 20.9 Å². The third-order valence-corrected chi connectivity index (χ3v) is 3.65. The van der Waals surface area contributed by atoms with E-state index >= 15 is 0 Å². The number of nitrogens with two attached hydrogens (primary N) is 2. The van der Waals surface area contributed by atoms with Gasteiger partial charge in [-0.05, 0) is 25.5 Å². The van der Waals surface area contributed by atoms with Crippen molar-refractivity contribution in [3.8, 4) is 5.75 Å². The van der Waals surface area contributed by atoms with Gasteiger partial charge in [-0.1, -0.05) is 11.8 Å². The van der Waals surface area contributed by atoms with E-state index in [1.807, 2.05) is 19.9 Å². The first kappa shape index (κ1) is 11.4. The zero-order valence-electron chi connectivity index (χ0n) is 9.45. The second kappa shape index (κ2) is 4.43. The molecule has 1 aromatic rings. The zero-order valence-corrected chi connectivity index (χ0v) is 10.3. The number of hydrogen-bond acceptors (Lipinski definition) is 5. The van der Waals surface area contributed by atoms with Gasteiger partial charge in [0.1, 0.15) is 12.0 Å². The summed E-state index contributed by atoms with van der Waals surface area (Å²) in [4.78, 5) is 0.905. The Bertz CT molecular complexity index is 409. The highest BCUT2D eigenvalue weighted by Gasteiger charge is 2.25. The lowest BCUT2D eigenvalue weighted by atomic mass is 10.1. The number of thioether (sulfide) groups is 1. The summed E-state index contributed by atoms with van der Waals surface area (Å²) in [5.41, 5.74) is 14.3. The van der Waals surface area contributed by atoms with E-state index in [0.29, 0.717) is 24.7 Å². The molecular weight excluding hydrogens is 224 g/mol. The number of fused-ring (bicyclic) bond motifs is 1. The Morgan fingerprint density at radius 3 is 3.00 bits per heavy atom. The van der Waals surface area contributed by atoms with Crippen molar-refractivity contribution in [3.63, 3.8) is 0 Å². The van der Waals surface area contributed by atoms with Crippen LogP contribution in [0.1, 0.15) is 12.5 Å². The lowest BCUT2D eigenvalue weighted by Gasteiger charge is -2.27. The van der Waals surface area contributed by atoms with Crippen LogP contribution in [0.25, 0.3) is 0 Å². The fraction of sp³-hybridized carbons (Fsp3) is 0.455. The van der Waals surface area contributed by atoms with E-state index in [1.165, 1.54) is 0 Å². The van der Waals surface area contributed by atoms with Crippen molar-refractivity contribution in [2.75, 3.05) is 24.7 Å². The predicted octanol–water partition coefficient (Wildman–Crippen LogP) is 2.01. The monoisotopic (exact) mass is 240 g/mol. The van der Waals surface area contributed by atoms with Gasteiger partial charge in [0.15, 0.2) is 5.75 Å². The molecule has 4 nitrogen and oxygen atoms in total. The summed E-state index contributed by atoms with van der Waals surface area (Å²) in [6.45, 7) is 5.08. The maximum atomic E-state index is 6.02. The van der Waals surface area contributed by atoms with Gasteiger partial charge in [-0.25, -0.2) is 0 Å². The molecule has 0 saturated carbocycles. The Morgan fingerprint density at radius 2 is 2.31 bits per heavy atom. The quantitative estimate of drug-likeness (QED) is 0.774. The van der Waals surface area contributed by atoms with E-state index < -0.39 is 0 Å². The van der Waals surface area contributed by atoms with E-state index in [2.05, 4.69) is 0 Å². The van der Waals surface area contributed by atoms with Crippen molar-refractivity contribution in [2.24, 2.45) is 0 Å². The van der Waals surface area contributed by atoms with Gasteiger partial charge in [0.2, 0.25) is 0 Å². The summed E-state index contributed by atoms with van der Waals surface area (Å²) < 4.78 is 11.1. The molecule has 0 aromatic heterocycles. The van der Waals surface area contributed by atoms with Gasteiger partial charge in [-0.15, -0.1) is 0 Å². The van der Waals surface area contributed by atoms with Gasteiger partial charge in [0, 0.05) is 6.61 Å². The van der Waals surface area contributed by atoms with Crippen LogP contribution < -0.4 is 16.2 Å². The Hall–Kier alpha value is -1.07. The summed E-state index contributed by atoms with van der Waals surface area (Å²) in [5.74, 6) is 0.698. The molecule has 1 heterocycles.